The van der Waals surface area contributed by atoms with Gasteiger partial charge in [0.05, 0.1) is 11.9 Å². The van der Waals surface area contributed by atoms with Crippen LogP contribution < -0.4 is 21.9 Å². The molecule has 3 unspecified atom stereocenters. The van der Waals surface area contributed by atoms with E-state index in [4.69, 9.17) is 5.73 Å². The third-order valence-electron chi connectivity index (χ3n) is 4.81. The number of nitrogens with one attached hydrogen (secondary N) is 3. The van der Waals surface area contributed by atoms with Gasteiger partial charge in [0.2, 0.25) is 5.91 Å². The minimum Gasteiger partial charge on any atom is -0.351 e. The second kappa shape index (κ2) is 7.71. The molecule has 1 amide bonds. The summed E-state index contributed by atoms with van der Waals surface area (Å²) in [5.41, 5.74) is 15.1. The van der Waals surface area contributed by atoms with Gasteiger partial charge in [-0.1, -0.05) is 48.5 Å². The number of nitrogens with two attached hydrogens (primary N) is 1. The molecule has 4 rings (SSSR count). The molecule has 138 valence electrons. The number of aromatic nitrogens is 2. The Hall–Kier alpha value is -3.00. The summed E-state index contributed by atoms with van der Waals surface area (Å²) >= 11 is 0. The molecule has 0 spiro atoms. The molecule has 1 aromatic heterocycles. The van der Waals surface area contributed by atoms with Crippen LogP contribution in [0.15, 0.2) is 73.1 Å². The van der Waals surface area contributed by atoms with Gasteiger partial charge in [-0.2, -0.15) is 5.10 Å². The summed E-state index contributed by atoms with van der Waals surface area (Å²) in [5, 5.41) is 7.30. The lowest BCUT2D eigenvalue weighted by molar-refractivity contribution is -0.123. The second-order valence-corrected chi connectivity index (χ2v) is 6.53. The zero-order chi connectivity index (χ0) is 18.6. The second-order valence-electron chi connectivity index (χ2n) is 6.53. The normalized spacial score (nSPS) is 21.9. The minimum absolute atomic E-state index is 0.0976. The summed E-state index contributed by atoms with van der Waals surface area (Å²) in [6.45, 7) is 0.407. The van der Waals surface area contributed by atoms with E-state index in [2.05, 4.69) is 21.3 Å². The van der Waals surface area contributed by atoms with E-state index in [1.807, 2.05) is 66.9 Å². The molecule has 27 heavy (non-hydrogen) atoms. The smallest absolute Gasteiger partial charge is 0.239 e. The number of hydrogen-bond donors (Lipinski definition) is 4. The lowest BCUT2D eigenvalue weighted by atomic mass is 9.90. The Morgan fingerprint density at radius 1 is 1.07 bits per heavy atom. The van der Waals surface area contributed by atoms with Crippen molar-refractivity contribution in [1.29, 1.82) is 0 Å². The molecule has 5 N–H and O–H groups in total. The fourth-order valence-corrected chi connectivity index (χ4v) is 3.46. The molecule has 0 aliphatic carbocycles. The van der Waals surface area contributed by atoms with Crippen molar-refractivity contribution >= 4 is 5.91 Å². The summed E-state index contributed by atoms with van der Waals surface area (Å²) in [6.07, 6.45) is 3.28. The van der Waals surface area contributed by atoms with Gasteiger partial charge in [-0.15, -0.1) is 0 Å². The SMILES string of the molecule is NC1NNC(C(=O)NCc2ccccc2-n2cccn2)C1c1ccccc1. The predicted molar refractivity (Wildman–Crippen MR) is 103 cm³/mol. The van der Waals surface area contributed by atoms with Gasteiger partial charge in [0.15, 0.2) is 0 Å². The van der Waals surface area contributed by atoms with Crippen molar-refractivity contribution < 1.29 is 4.79 Å². The summed E-state index contributed by atoms with van der Waals surface area (Å²) < 4.78 is 1.79. The quantitative estimate of drug-likeness (QED) is 0.544. The van der Waals surface area contributed by atoms with Crippen molar-refractivity contribution in [3.8, 4) is 5.69 Å². The van der Waals surface area contributed by atoms with Crippen LogP contribution in [-0.2, 0) is 11.3 Å². The first-order valence-corrected chi connectivity index (χ1v) is 8.91. The Bertz CT molecular complexity index is 896. The fourth-order valence-electron chi connectivity index (χ4n) is 3.46. The highest BCUT2D eigenvalue weighted by atomic mass is 16.2. The molecule has 1 saturated heterocycles. The molecule has 7 heteroatoms. The average molecular weight is 362 g/mol. The molecule has 2 aromatic carbocycles. The largest absolute Gasteiger partial charge is 0.351 e. The number of rotatable bonds is 5. The number of benzene rings is 2. The van der Waals surface area contributed by atoms with E-state index >= 15 is 0 Å². The van der Waals surface area contributed by atoms with Crippen molar-refractivity contribution in [2.24, 2.45) is 5.73 Å². The maximum absolute atomic E-state index is 12.9. The molecule has 0 bridgehead atoms. The first-order valence-electron chi connectivity index (χ1n) is 8.91. The summed E-state index contributed by atoms with van der Waals surface area (Å²) in [4.78, 5) is 12.9. The van der Waals surface area contributed by atoms with Crippen molar-refractivity contribution in [2.45, 2.75) is 24.7 Å². The maximum Gasteiger partial charge on any atom is 0.239 e. The minimum atomic E-state index is -0.445. The van der Waals surface area contributed by atoms with Crippen LogP contribution in [-0.4, -0.2) is 27.9 Å². The van der Waals surface area contributed by atoms with E-state index in [1.54, 1.807) is 10.9 Å². The van der Waals surface area contributed by atoms with E-state index in [1.165, 1.54) is 0 Å². The van der Waals surface area contributed by atoms with Crippen molar-refractivity contribution in [3.05, 3.63) is 84.2 Å². The van der Waals surface area contributed by atoms with Gasteiger partial charge in [-0.3, -0.25) is 4.79 Å². The Morgan fingerprint density at radius 2 is 1.85 bits per heavy atom. The van der Waals surface area contributed by atoms with Gasteiger partial charge in [0.25, 0.3) is 0 Å². The van der Waals surface area contributed by atoms with Crippen LogP contribution >= 0.6 is 0 Å². The zero-order valence-electron chi connectivity index (χ0n) is 14.7. The van der Waals surface area contributed by atoms with Crippen LogP contribution in [0.5, 0.6) is 0 Å². The highest BCUT2D eigenvalue weighted by molar-refractivity contribution is 5.83. The van der Waals surface area contributed by atoms with Crippen LogP contribution in [0.4, 0.5) is 0 Å². The van der Waals surface area contributed by atoms with Crippen LogP contribution in [0, 0.1) is 0 Å². The first kappa shape index (κ1) is 17.4. The lowest BCUT2D eigenvalue weighted by Gasteiger charge is -2.21. The van der Waals surface area contributed by atoms with E-state index < -0.39 is 6.04 Å². The number of hydrazine groups is 1. The molecule has 3 atom stereocenters. The Balaban J connectivity index is 1.49. The van der Waals surface area contributed by atoms with E-state index in [9.17, 15) is 4.79 Å². The highest BCUT2D eigenvalue weighted by Gasteiger charge is 2.39. The molecular weight excluding hydrogens is 340 g/mol. The number of para-hydroxylation sites is 1. The molecule has 0 radical (unpaired) electrons. The molecule has 3 aromatic rings. The third kappa shape index (κ3) is 3.61. The number of nitrogens with zero attached hydrogens (tertiary/aromatic N) is 2. The molecular formula is C20H22N6O. The summed E-state index contributed by atoms with van der Waals surface area (Å²) in [7, 11) is 0. The summed E-state index contributed by atoms with van der Waals surface area (Å²) in [6, 6.07) is 19.1. The van der Waals surface area contributed by atoms with Crippen LogP contribution in [0.25, 0.3) is 5.69 Å². The van der Waals surface area contributed by atoms with Crippen molar-refractivity contribution in [1.82, 2.24) is 25.9 Å². The Morgan fingerprint density at radius 3 is 2.63 bits per heavy atom. The van der Waals surface area contributed by atoms with Gasteiger partial charge >= 0.3 is 0 Å². The highest BCUT2D eigenvalue weighted by Crippen LogP contribution is 2.25. The predicted octanol–water partition coefficient (Wildman–Crippen LogP) is 1.03. The van der Waals surface area contributed by atoms with Gasteiger partial charge in [0, 0.05) is 24.9 Å². The van der Waals surface area contributed by atoms with Gasteiger partial charge in [0.1, 0.15) is 6.04 Å². The molecule has 1 fully saturated rings. The van der Waals surface area contributed by atoms with Crippen molar-refractivity contribution in [2.75, 3.05) is 0 Å². The van der Waals surface area contributed by atoms with Crippen LogP contribution in [0.3, 0.4) is 0 Å². The molecule has 7 nitrogen and oxygen atoms in total. The Kier molecular flexibility index (Phi) is 4.97. The van der Waals surface area contributed by atoms with E-state index in [-0.39, 0.29) is 18.0 Å². The first-order chi connectivity index (χ1) is 13.2. The van der Waals surface area contributed by atoms with E-state index in [0.29, 0.717) is 6.54 Å². The van der Waals surface area contributed by atoms with Crippen molar-refractivity contribution in [3.63, 3.8) is 0 Å². The number of amides is 1. The number of hydrogen-bond acceptors (Lipinski definition) is 5. The number of carbonyl (C=O) groups excluding carboxylic acids is 1. The molecule has 2 heterocycles. The monoisotopic (exact) mass is 362 g/mol. The van der Waals surface area contributed by atoms with E-state index in [0.717, 1.165) is 16.8 Å². The topological polar surface area (TPSA) is 97.0 Å². The Labute approximate surface area is 157 Å². The maximum atomic E-state index is 12.9. The summed E-state index contributed by atoms with van der Waals surface area (Å²) in [5.74, 6) is -0.243. The lowest BCUT2D eigenvalue weighted by Crippen LogP contribution is -2.45. The third-order valence-corrected chi connectivity index (χ3v) is 4.81. The number of carbonyl (C=O) groups is 1. The average Bonchev–Trinajstić information content (AvgIpc) is 3.37. The fraction of sp³-hybridized carbons (Fsp3) is 0.200. The van der Waals surface area contributed by atoms with Gasteiger partial charge in [-0.05, 0) is 23.3 Å². The standard InChI is InChI=1S/C20H22N6O/c21-19-17(14-7-2-1-3-8-14)18(24-25-19)20(27)22-13-15-9-4-5-10-16(15)26-12-6-11-23-26/h1-12,17-19,24-25H,13,21H2,(H,22,27). The molecule has 1 aliphatic heterocycles. The van der Waals surface area contributed by atoms with Crippen LogP contribution in [0.1, 0.15) is 17.0 Å². The molecule has 0 saturated carbocycles. The zero-order valence-corrected chi connectivity index (χ0v) is 14.7. The van der Waals surface area contributed by atoms with Gasteiger partial charge < -0.3 is 11.1 Å². The van der Waals surface area contributed by atoms with Crippen LogP contribution in [0.2, 0.25) is 0 Å². The molecule has 1 aliphatic rings. The van der Waals surface area contributed by atoms with Gasteiger partial charge in [-0.25, -0.2) is 15.5 Å².